The van der Waals surface area contributed by atoms with Crippen molar-refractivity contribution in [3.05, 3.63) is 29.6 Å². The topological polar surface area (TPSA) is 85.1 Å². The molecule has 0 saturated heterocycles. The summed E-state index contributed by atoms with van der Waals surface area (Å²) in [5.41, 5.74) is 5.76. The Balaban J connectivity index is 2.02. The molecule has 1 heterocycles. The molecule has 0 bridgehead atoms. The summed E-state index contributed by atoms with van der Waals surface area (Å²) >= 11 is 0. The molecule has 5 nitrogen and oxygen atoms in total. The van der Waals surface area contributed by atoms with Gasteiger partial charge in [0.15, 0.2) is 0 Å². The molecule has 0 saturated carbocycles. The van der Waals surface area contributed by atoms with E-state index in [1.165, 1.54) is 69.7 Å². The number of nitrogens with one attached hydrogen (secondary N) is 1. The summed E-state index contributed by atoms with van der Waals surface area (Å²) in [4.78, 5) is 26.8. The summed E-state index contributed by atoms with van der Waals surface area (Å²) in [5, 5.41) is 2.86. The molecule has 0 aromatic carbocycles. The van der Waals surface area contributed by atoms with E-state index in [1.54, 1.807) is 0 Å². The van der Waals surface area contributed by atoms with Gasteiger partial charge < -0.3 is 11.1 Å². The number of nitrogens with two attached hydrogens (primary N) is 1. The number of unbranched alkanes of at least 4 members (excludes halogenated alkanes) is 9. The summed E-state index contributed by atoms with van der Waals surface area (Å²) in [6, 6.07) is 3.04. The van der Waals surface area contributed by atoms with E-state index in [1.807, 2.05) is 0 Å². The third-order valence-corrected chi connectivity index (χ3v) is 4.10. The van der Waals surface area contributed by atoms with Gasteiger partial charge in [0, 0.05) is 12.7 Å². The Labute approximate surface area is 145 Å². The molecule has 2 amide bonds. The molecule has 1 aromatic heterocycles. The third-order valence-electron chi connectivity index (χ3n) is 4.10. The molecule has 0 aliphatic rings. The van der Waals surface area contributed by atoms with Gasteiger partial charge in [0.05, 0.1) is 5.56 Å². The van der Waals surface area contributed by atoms with Gasteiger partial charge in [0.1, 0.15) is 5.69 Å². The first-order valence-electron chi connectivity index (χ1n) is 9.19. The molecule has 0 aliphatic carbocycles. The number of aromatic nitrogens is 1. The van der Waals surface area contributed by atoms with Crippen molar-refractivity contribution in [1.82, 2.24) is 10.3 Å². The molecule has 3 N–H and O–H groups in total. The Morgan fingerprint density at radius 3 is 2.04 bits per heavy atom. The molecule has 0 radical (unpaired) electrons. The van der Waals surface area contributed by atoms with E-state index < -0.39 is 5.91 Å². The van der Waals surface area contributed by atoms with Gasteiger partial charge in [-0.05, 0) is 18.6 Å². The lowest BCUT2D eigenvalue weighted by atomic mass is 10.1. The van der Waals surface area contributed by atoms with E-state index in [0.717, 1.165) is 12.8 Å². The highest BCUT2D eigenvalue weighted by atomic mass is 16.2. The summed E-state index contributed by atoms with van der Waals surface area (Å²) < 4.78 is 0. The number of pyridine rings is 1. The molecular weight excluding hydrogens is 302 g/mol. The monoisotopic (exact) mass is 333 g/mol. The van der Waals surface area contributed by atoms with Crippen molar-refractivity contribution in [1.29, 1.82) is 0 Å². The summed E-state index contributed by atoms with van der Waals surface area (Å²) in [7, 11) is 0. The molecule has 134 valence electrons. The zero-order chi connectivity index (χ0) is 17.6. The Morgan fingerprint density at radius 2 is 1.54 bits per heavy atom. The Kier molecular flexibility index (Phi) is 10.5. The molecule has 0 atom stereocenters. The van der Waals surface area contributed by atoms with Crippen LogP contribution in [-0.2, 0) is 0 Å². The van der Waals surface area contributed by atoms with Crippen LogP contribution in [0.5, 0.6) is 0 Å². The highest BCUT2D eigenvalue weighted by Gasteiger charge is 2.07. The van der Waals surface area contributed by atoms with Crippen LogP contribution in [-0.4, -0.2) is 23.3 Å². The van der Waals surface area contributed by atoms with E-state index in [9.17, 15) is 9.59 Å². The quantitative estimate of drug-likeness (QED) is 0.538. The first kappa shape index (κ1) is 20.1. The Hall–Kier alpha value is -1.91. The molecule has 0 spiro atoms. The first-order chi connectivity index (χ1) is 11.6. The molecule has 5 heteroatoms. The summed E-state index contributed by atoms with van der Waals surface area (Å²) in [5.74, 6) is -0.748. The predicted octanol–water partition coefficient (Wildman–Crippen LogP) is 3.83. The number of carbonyl (C=O) groups is 2. The van der Waals surface area contributed by atoms with Gasteiger partial charge in [-0.1, -0.05) is 64.7 Å². The van der Waals surface area contributed by atoms with Crippen LogP contribution < -0.4 is 11.1 Å². The highest BCUT2D eigenvalue weighted by Crippen LogP contribution is 2.10. The smallest absolute Gasteiger partial charge is 0.269 e. The zero-order valence-electron chi connectivity index (χ0n) is 14.9. The lowest BCUT2D eigenvalue weighted by molar-refractivity contribution is 0.0945. The summed E-state index contributed by atoms with van der Waals surface area (Å²) in [6.45, 7) is 2.90. The van der Waals surface area contributed by atoms with Crippen LogP contribution in [0.2, 0.25) is 0 Å². The van der Waals surface area contributed by atoms with Gasteiger partial charge in [-0.15, -0.1) is 0 Å². The maximum Gasteiger partial charge on any atom is 0.269 e. The van der Waals surface area contributed by atoms with E-state index in [4.69, 9.17) is 5.73 Å². The van der Waals surface area contributed by atoms with Crippen LogP contribution >= 0.6 is 0 Å². The second-order valence-corrected chi connectivity index (χ2v) is 6.23. The minimum atomic E-state index is -0.542. The molecule has 1 rings (SSSR count). The van der Waals surface area contributed by atoms with E-state index >= 15 is 0 Å². The van der Waals surface area contributed by atoms with Crippen molar-refractivity contribution in [3.63, 3.8) is 0 Å². The Bertz CT molecular complexity index is 486. The van der Waals surface area contributed by atoms with Crippen molar-refractivity contribution in [2.24, 2.45) is 5.73 Å². The number of primary amides is 1. The van der Waals surface area contributed by atoms with Crippen LogP contribution in [0.3, 0.4) is 0 Å². The van der Waals surface area contributed by atoms with Gasteiger partial charge >= 0.3 is 0 Å². The lowest BCUT2D eigenvalue weighted by Gasteiger charge is -2.05. The molecule has 0 unspecified atom stereocenters. The van der Waals surface area contributed by atoms with E-state index in [2.05, 4.69) is 17.2 Å². The average molecular weight is 333 g/mol. The zero-order valence-corrected chi connectivity index (χ0v) is 14.9. The van der Waals surface area contributed by atoms with Crippen molar-refractivity contribution in [3.8, 4) is 0 Å². The molecule has 1 aromatic rings. The van der Waals surface area contributed by atoms with Crippen LogP contribution in [0.1, 0.15) is 92.0 Å². The molecule has 24 heavy (non-hydrogen) atoms. The fraction of sp³-hybridized carbons (Fsp3) is 0.632. The largest absolute Gasteiger partial charge is 0.366 e. The lowest BCUT2D eigenvalue weighted by Crippen LogP contribution is -2.25. The van der Waals surface area contributed by atoms with Crippen LogP contribution in [0.25, 0.3) is 0 Å². The minimum absolute atomic E-state index is 0.207. The number of carbonyl (C=O) groups excluding carboxylic acids is 2. The van der Waals surface area contributed by atoms with Gasteiger partial charge in [-0.25, -0.2) is 0 Å². The molecule has 0 aliphatic heterocycles. The number of hydrogen-bond donors (Lipinski definition) is 2. The van der Waals surface area contributed by atoms with Crippen molar-refractivity contribution < 1.29 is 9.59 Å². The minimum Gasteiger partial charge on any atom is -0.366 e. The SMILES string of the molecule is CCCCCCCCCCCCNC(=O)c1ccc(C(N)=O)cn1. The maximum absolute atomic E-state index is 11.9. The maximum atomic E-state index is 11.9. The predicted molar refractivity (Wildman–Crippen MR) is 96.9 cm³/mol. The van der Waals surface area contributed by atoms with Crippen LogP contribution in [0.4, 0.5) is 0 Å². The van der Waals surface area contributed by atoms with Crippen molar-refractivity contribution in [2.45, 2.75) is 71.1 Å². The van der Waals surface area contributed by atoms with Crippen LogP contribution in [0, 0.1) is 0 Å². The van der Waals surface area contributed by atoms with E-state index in [0.29, 0.717) is 17.8 Å². The number of hydrogen-bond acceptors (Lipinski definition) is 3. The van der Waals surface area contributed by atoms with Gasteiger partial charge in [0.25, 0.3) is 5.91 Å². The molecular formula is C19H31N3O2. The normalized spacial score (nSPS) is 10.5. The van der Waals surface area contributed by atoms with Gasteiger partial charge in [-0.3, -0.25) is 14.6 Å². The highest BCUT2D eigenvalue weighted by molar-refractivity contribution is 5.95. The first-order valence-corrected chi connectivity index (χ1v) is 9.19. The number of nitrogens with zero attached hydrogens (tertiary/aromatic N) is 1. The van der Waals surface area contributed by atoms with Crippen molar-refractivity contribution in [2.75, 3.05) is 6.54 Å². The standard InChI is InChI=1S/C19H31N3O2/c1-2-3-4-5-6-7-8-9-10-11-14-21-19(24)17-13-12-16(15-22-17)18(20)23/h12-13,15H,2-11,14H2,1H3,(H2,20,23)(H,21,24). The second kappa shape index (κ2) is 12.5. The molecule has 0 fully saturated rings. The number of amides is 2. The summed E-state index contributed by atoms with van der Waals surface area (Å²) in [6.07, 6.45) is 14.1. The average Bonchev–Trinajstić information content (AvgIpc) is 2.59. The van der Waals surface area contributed by atoms with Crippen LogP contribution in [0.15, 0.2) is 18.3 Å². The van der Waals surface area contributed by atoms with Gasteiger partial charge in [-0.2, -0.15) is 0 Å². The fourth-order valence-corrected chi connectivity index (χ4v) is 2.58. The fourth-order valence-electron chi connectivity index (χ4n) is 2.58. The third kappa shape index (κ3) is 8.65. The number of rotatable bonds is 13. The van der Waals surface area contributed by atoms with E-state index in [-0.39, 0.29) is 5.91 Å². The Morgan fingerprint density at radius 1 is 0.958 bits per heavy atom. The van der Waals surface area contributed by atoms with Crippen molar-refractivity contribution >= 4 is 11.8 Å². The van der Waals surface area contributed by atoms with Gasteiger partial charge in [0.2, 0.25) is 5.91 Å². The second-order valence-electron chi connectivity index (χ2n) is 6.23.